The van der Waals surface area contributed by atoms with Crippen molar-refractivity contribution in [2.45, 2.75) is 6.42 Å². The third-order valence-electron chi connectivity index (χ3n) is 3.69. The highest BCUT2D eigenvalue weighted by molar-refractivity contribution is 5.94. The Morgan fingerprint density at radius 3 is 2.52 bits per heavy atom. The highest BCUT2D eigenvalue weighted by Crippen LogP contribution is 2.12. The van der Waals surface area contributed by atoms with Crippen LogP contribution in [-0.4, -0.2) is 64.3 Å². The van der Waals surface area contributed by atoms with Gasteiger partial charge in [0.1, 0.15) is 0 Å². The minimum Gasteiger partial charge on any atom is -0.379 e. The van der Waals surface area contributed by atoms with Gasteiger partial charge >= 0.3 is 0 Å². The van der Waals surface area contributed by atoms with Crippen LogP contribution in [0.4, 0.5) is 5.69 Å². The van der Waals surface area contributed by atoms with E-state index in [2.05, 4.69) is 10.2 Å². The van der Waals surface area contributed by atoms with Crippen molar-refractivity contribution in [3.63, 3.8) is 0 Å². The van der Waals surface area contributed by atoms with Crippen LogP contribution in [0.5, 0.6) is 0 Å². The Hall–Kier alpha value is -1.59. The van der Waals surface area contributed by atoms with Crippen LogP contribution in [0.15, 0.2) is 24.3 Å². The lowest BCUT2D eigenvalue weighted by molar-refractivity contribution is 0.0374. The topological polar surface area (TPSA) is 44.8 Å². The van der Waals surface area contributed by atoms with Gasteiger partial charge in [0, 0.05) is 45.0 Å². The monoisotopic (exact) mass is 291 g/mol. The van der Waals surface area contributed by atoms with Crippen LogP contribution in [0.3, 0.4) is 0 Å². The summed E-state index contributed by atoms with van der Waals surface area (Å²) in [5.74, 6) is 0.00211. The third kappa shape index (κ3) is 5.02. The third-order valence-corrected chi connectivity index (χ3v) is 3.69. The molecule has 1 amide bonds. The summed E-state index contributed by atoms with van der Waals surface area (Å²) < 4.78 is 5.31. The van der Waals surface area contributed by atoms with Crippen LogP contribution < -0.4 is 10.2 Å². The maximum Gasteiger partial charge on any atom is 0.251 e. The van der Waals surface area contributed by atoms with Gasteiger partial charge in [-0.25, -0.2) is 0 Å². The van der Waals surface area contributed by atoms with Gasteiger partial charge in [-0.15, -0.1) is 0 Å². The number of carbonyl (C=O) groups is 1. The quantitative estimate of drug-likeness (QED) is 0.800. The van der Waals surface area contributed by atoms with Crippen LogP contribution in [0.25, 0.3) is 0 Å². The lowest BCUT2D eigenvalue weighted by atomic mass is 10.2. The van der Waals surface area contributed by atoms with Crippen molar-refractivity contribution in [1.29, 1.82) is 0 Å². The van der Waals surface area contributed by atoms with Gasteiger partial charge in [-0.2, -0.15) is 0 Å². The summed E-state index contributed by atoms with van der Waals surface area (Å²) in [5, 5.41) is 2.98. The number of hydrogen-bond acceptors (Lipinski definition) is 4. The Morgan fingerprint density at radius 1 is 1.24 bits per heavy atom. The number of anilines is 1. The Morgan fingerprint density at radius 2 is 1.90 bits per heavy atom. The second-order valence-corrected chi connectivity index (χ2v) is 5.50. The first-order chi connectivity index (χ1) is 10.2. The summed E-state index contributed by atoms with van der Waals surface area (Å²) in [7, 11) is 3.97. The number of benzene rings is 1. The van der Waals surface area contributed by atoms with Crippen LogP contribution in [0.2, 0.25) is 0 Å². The molecule has 0 aromatic heterocycles. The van der Waals surface area contributed by atoms with E-state index in [1.807, 2.05) is 43.3 Å². The van der Waals surface area contributed by atoms with Gasteiger partial charge in [0.2, 0.25) is 0 Å². The van der Waals surface area contributed by atoms with Crippen LogP contribution in [0, 0.1) is 0 Å². The Labute approximate surface area is 126 Å². The van der Waals surface area contributed by atoms with E-state index in [-0.39, 0.29) is 5.91 Å². The summed E-state index contributed by atoms with van der Waals surface area (Å²) in [6.07, 6.45) is 0.974. The number of amides is 1. The highest BCUT2D eigenvalue weighted by atomic mass is 16.5. The maximum atomic E-state index is 12.0. The summed E-state index contributed by atoms with van der Waals surface area (Å²) in [4.78, 5) is 16.4. The van der Waals surface area contributed by atoms with Crippen LogP contribution >= 0.6 is 0 Å². The number of rotatable bonds is 6. The molecule has 0 unspecified atom stereocenters. The molecule has 0 aliphatic carbocycles. The molecule has 1 aromatic rings. The largest absolute Gasteiger partial charge is 0.379 e. The number of morpholine rings is 1. The summed E-state index contributed by atoms with van der Waals surface area (Å²) in [5.41, 5.74) is 1.81. The standard InChI is InChI=1S/C16H25N3O2/c1-18(2)15-6-4-14(5-7-15)16(20)17-8-3-9-19-10-12-21-13-11-19/h4-7H,3,8-13H2,1-2H3,(H,17,20). The van der Waals surface area contributed by atoms with Gasteiger partial charge in [-0.05, 0) is 37.2 Å². The van der Waals surface area contributed by atoms with Gasteiger partial charge in [-0.1, -0.05) is 0 Å². The number of ether oxygens (including phenoxy) is 1. The molecule has 21 heavy (non-hydrogen) atoms. The molecule has 1 aromatic carbocycles. The maximum absolute atomic E-state index is 12.0. The van der Waals surface area contributed by atoms with Crippen molar-refractivity contribution in [3.05, 3.63) is 29.8 Å². The van der Waals surface area contributed by atoms with Gasteiger partial charge in [0.15, 0.2) is 0 Å². The number of hydrogen-bond donors (Lipinski definition) is 1. The average Bonchev–Trinajstić information content (AvgIpc) is 2.52. The molecule has 1 heterocycles. The molecular weight excluding hydrogens is 266 g/mol. The zero-order valence-electron chi connectivity index (χ0n) is 13.0. The minimum atomic E-state index is 0.00211. The van der Waals surface area contributed by atoms with E-state index in [4.69, 9.17) is 4.74 Å². The predicted molar refractivity (Wildman–Crippen MR) is 85.0 cm³/mol. The molecule has 5 heteroatoms. The van der Waals surface area contributed by atoms with Crippen molar-refractivity contribution in [2.24, 2.45) is 0 Å². The first-order valence-corrected chi connectivity index (χ1v) is 7.52. The number of nitrogens with one attached hydrogen (secondary N) is 1. The minimum absolute atomic E-state index is 0.00211. The molecular formula is C16H25N3O2. The van der Waals surface area contributed by atoms with Crippen molar-refractivity contribution in [3.8, 4) is 0 Å². The molecule has 116 valence electrons. The average molecular weight is 291 g/mol. The zero-order chi connectivity index (χ0) is 15.1. The van der Waals surface area contributed by atoms with Crippen molar-refractivity contribution >= 4 is 11.6 Å². The molecule has 0 radical (unpaired) electrons. The molecule has 1 aliphatic heterocycles. The van der Waals surface area contributed by atoms with Gasteiger partial charge in [0.25, 0.3) is 5.91 Å². The summed E-state index contributed by atoms with van der Waals surface area (Å²) >= 11 is 0. The van der Waals surface area contributed by atoms with Crippen molar-refractivity contribution in [2.75, 3.05) is 58.4 Å². The molecule has 1 N–H and O–H groups in total. The first kappa shape index (κ1) is 15.8. The molecule has 0 bridgehead atoms. The molecule has 5 nitrogen and oxygen atoms in total. The van der Waals surface area contributed by atoms with Gasteiger partial charge in [0.05, 0.1) is 13.2 Å². The van der Waals surface area contributed by atoms with Gasteiger partial charge in [-0.3, -0.25) is 9.69 Å². The highest BCUT2D eigenvalue weighted by Gasteiger charge is 2.10. The molecule has 1 fully saturated rings. The molecule has 2 rings (SSSR count). The Bertz CT molecular complexity index is 439. The fourth-order valence-corrected chi connectivity index (χ4v) is 2.34. The van der Waals surface area contributed by atoms with E-state index in [1.54, 1.807) is 0 Å². The first-order valence-electron chi connectivity index (χ1n) is 7.52. The lowest BCUT2D eigenvalue weighted by Gasteiger charge is -2.26. The van der Waals surface area contributed by atoms with E-state index < -0.39 is 0 Å². The Balaban J connectivity index is 1.69. The van der Waals surface area contributed by atoms with Crippen LogP contribution in [-0.2, 0) is 4.74 Å². The molecule has 0 spiro atoms. The van der Waals surface area contributed by atoms with Crippen molar-refractivity contribution < 1.29 is 9.53 Å². The van der Waals surface area contributed by atoms with Gasteiger partial charge < -0.3 is 15.0 Å². The number of carbonyl (C=O) groups excluding carboxylic acids is 1. The second kappa shape index (κ2) is 8.00. The van der Waals surface area contributed by atoms with E-state index in [0.29, 0.717) is 12.1 Å². The zero-order valence-corrected chi connectivity index (χ0v) is 13.0. The number of nitrogens with zero attached hydrogens (tertiary/aromatic N) is 2. The normalized spacial score (nSPS) is 15.7. The smallest absolute Gasteiger partial charge is 0.251 e. The molecule has 0 saturated carbocycles. The Kier molecular flexibility index (Phi) is 6.02. The van der Waals surface area contributed by atoms with Crippen LogP contribution in [0.1, 0.15) is 16.8 Å². The van der Waals surface area contributed by atoms with E-state index >= 15 is 0 Å². The SMILES string of the molecule is CN(C)c1ccc(C(=O)NCCCN2CCOCC2)cc1. The van der Waals surface area contributed by atoms with Crippen molar-refractivity contribution in [1.82, 2.24) is 10.2 Å². The van der Waals surface area contributed by atoms with E-state index in [9.17, 15) is 4.79 Å². The fourth-order valence-electron chi connectivity index (χ4n) is 2.34. The predicted octanol–water partition coefficient (Wildman–Crippen LogP) is 1.20. The molecule has 1 aliphatic rings. The lowest BCUT2D eigenvalue weighted by Crippen LogP contribution is -2.38. The summed E-state index contributed by atoms with van der Waals surface area (Å²) in [6, 6.07) is 7.66. The summed E-state index contributed by atoms with van der Waals surface area (Å²) in [6.45, 7) is 5.38. The second-order valence-electron chi connectivity index (χ2n) is 5.50. The van der Waals surface area contributed by atoms with E-state index in [0.717, 1.165) is 45.0 Å². The van der Waals surface area contributed by atoms with E-state index in [1.165, 1.54) is 0 Å². The fraction of sp³-hybridized carbons (Fsp3) is 0.562. The molecule has 0 atom stereocenters. The molecule has 1 saturated heterocycles.